The molecule has 0 radical (unpaired) electrons. The van der Waals surface area contributed by atoms with Crippen molar-refractivity contribution in [1.29, 1.82) is 0 Å². The molecule has 0 aliphatic heterocycles. The molecule has 1 nitrogen and oxygen atoms in total. The van der Waals surface area contributed by atoms with Gasteiger partial charge in [-0.25, -0.2) is 0 Å². The van der Waals surface area contributed by atoms with E-state index in [0.717, 1.165) is 12.8 Å². The second-order valence-electron chi connectivity index (χ2n) is 3.31. The Morgan fingerprint density at radius 1 is 1.27 bits per heavy atom. The van der Waals surface area contributed by atoms with E-state index in [-0.39, 0.29) is 0 Å². The summed E-state index contributed by atoms with van der Waals surface area (Å²) < 4.78 is 0. The molecule has 1 aliphatic carbocycles. The molecule has 0 amide bonds. The van der Waals surface area contributed by atoms with Crippen LogP contribution in [0.4, 0.5) is 0 Å². The topological polar surface area (TPSA) is 20.2 Å². The summed E-state index contributed by atoms with van der Waals surface area (Å²) >= 11 is 0. The lowest BCUT2D eigenvalue weighted by Gasteiger charge is -2.10. The standard InChI is InChI=1S/C10H16O/c1-3-8-5-9(4-2)10(6-8)7-11/h3-4,8-11H,1-2,5-7H2/t8-,9?,10?/m1/s1. The molecule has 1 rings (SSSR count). The lowest BCUT2D eigenvalue weighted by atomic mass is 9.97. The number of allylic oxidation sites excluding steroid dienone is 2. The number of aliphatic hydroxyl groups is 1. The number of hydrogen-bond donors (Lipinski definition) is 1. The maximum Gasteiger partial charge on any atom is 0.0465 e. The lowest BCUT2D eigenvalue weighted by molar-refractivity contribution is 0.209. The summed E-state index contributed by atoms with van der Waals surface area (Å²) in [6.07, 6.45) is 6.16. The fourth-order valence-electron chi connectivity index (χ4n) is 1.89. The van der Waals surface area contributed by atoms with E-state index >= 15 is 0 Å². The summed E-state index contributed by atoms with van der Waals surface area (Å²) in [5, 5.41) is 9.00. The first-order valence-corrected chi connectivity index (χ1v) is 4.17. The van der Waals surface area contributed by atoms with Crippen molar-refractivity contribution in [3.8, 4) is 0 Å². The molecule has 1 heteroatoms. The molecule has 62 valence electrons. The predicted octanol–water partition coefficient (Wildman–Crippen LogP) is 1.99. The third kappa shape index (κ3) is 1.72. The van der Waals surface area contributed by atoms with Gasteiger partial charge < -0.3 is 5.11 Å². The summed E-state index contributed by atoms with van der Waals surface area (Å²) in [5.41, 5.74) is 0. The van der Waals surface area contributed by atoms with Crippen LogP contribution in [0.3, 0.4) is 0 Å². The molecule has 0 bridgehead atoms. The maximum atomic E-state index is 9.00. The Hall–Kier alpha value is -0.560. The van der Waals surface area contributed by atoms with Crippen LogP contribution in [0.1, 0.15) is 12.8 Å². The zero-order valence-electron chi connectivity index (χ0n) is 6.87. The molecule has 0 aromatic carbocycles. The van der Waals surface area contributed by atoms with E-state index in [9.17, 15) is 0 Å². The lowest BCUT2D eigenvalue weighted by Crippen LogP contribution is -2.08. The summed E-state index contributed by atoms with van der Waals surface area (Å²) in [6.45, 7) is 7.82. The molecule has 3 atom stereocenters. The Bertz CT molecular complexity index is 151. The first kappa shape index (κ1) is 8.54. The molecule has 0 saturated heterocycles. The van der Waals surface area contributed by atoms with Crippen LogP contribution in [0, 0.1) is 17.8 Å². The Morgan fingerprint density at radius 3 is 2.36 bits per heavy atom. The first-order valence-electron chi connectivity index (χ1n) is 4.17. The highest BCUT2D eigenvalue weighted by Gasteiger charge is 2.29. The highest BCUT2D eigenvalue weighted by Crippen LogP contribution is 2.37. The minimum atomic E-state index is 0.293. The average Bonchev–Trinajstić information content (AvgIpc) is 2.46. The van der Waals surface area contributed by atoms with Crippen molar-refractivity contribution in [2.75, 3.05) is 6.61 Å². The molecule has 0 aromatic heterocycles. The monoisotopic (exact) mass is 152 g/mol. The third-order valence-electron chi connectivity index (χ3n) is 2.66. The molecule has 1 saturated carbocycles. The summed E-state index contributed by atoms with van der Waals surface area (Å²) in [7, 11) is 0. The first-order chi connectivity index (χ1) is 5.31. The van der Waals surface area contributed by atoms with Crippen LogP contribution in [0.5, 0.6) is 0 Å². The van der Waals surface area contributed by atoms with E-state index in [1.807, 2.05) is 12.2 Å². The molecule has 1 aliphatic rings. The van der Waals surface area contributed by atoms with Gasteiger partial charge in [-0.2, -0.15) is 0 Å². The van der Waals surface area contributed by atoms with Crippen molar-refractivity contribution >= 4 is 0 Å². The van der Waals surface area contributed by atoms with Crippen molar-refractivity contribution < 1.29 is 5.11 Å². The largest absolute Gasteiger partial charge is 0.396 e. The van der Waals surface area contributed by atoms with E-state index in [4.69, 9.17) is 5.11 Å². The quantitative estimate of drug-likeness (QED) is 0.613. The van der Waals surface area contributed by atoms with Crippen LogP contribution in [0.2, 0.25) is 0 Å². The molecule has 1 N–H and O–H groups in total. The van der Waals surface area contributed by atoms with Crippen LogP contribution in [-0.4, -0.2) is 11.7 Å². The second kappa shape index (κ2) is 3.72. The molecule has 11 heavy (non-hydrogen) atoms. The smallest absolute Gasteiger partial charge is 0.0465 e. The second-order valence-corrected chi connectivity index (χ2v) is 3.31. The van der Waals surface area contributed by atoms with Gasteiger partial charge in [0.05, 0.1) is 0 Å². The Labute approximate surface area is 68.4 Å². The molecule has 0 spiro atoms. The summed E-state index contributed by atoms with van der Waals surface area (Å²) in [6, 6.07) is 0. The average molecular weight is 152 g/mol. The van der Waals surface area contributed by atoms with Crippen LogP contribution < -0.4 is 0 Å². The van der Waals surface area contributed by atoms with E-state index < -0.39 is 0 Å². The highest BCUT2D eigenvalue weighted by molar-refractivity contribution is 4.97. The minimum Gasteiger partial charge on any atom is -0.396 e. The van der Waals surface area contributed by atoms with Gasteiger partial charge in [0.2, 0.25) is 0 Å². The van der Waals surface area contributed by atoms with Gasteiger partial charge in [-0.05, 0) is 30.6 Å². The van der Waals surface area contributed by atoms with Crippen molar-refractivity contribution in [3.63, 3.8) is 0 Å². The Kier molecular flexibility index (Phi) is 2.89. The van der Waals surface area contributed by atoms with Gasteiger partial charge in [-0.3, -0.25) is 0 Å². The van der Waals surface area contributed by atoms with Gasteiger partial charge >= 0.3 is 0 Å². The molecule has 2 unspecified atom stereocenters. The van der Waals surface area contributed by atoms with E-state index in [1.165, 1.54) is 0 Å². The molecule has 0 aromatic rings. The zero-order chi connectivity index (χ0) is 8.27. The fourth-order valence-corrected chi connectivity index (χ4v) is 1.89. The van der Waals surface area contributed by atoms with Gasteiger partial charge in [0.1, 0.15) is 0 Å². The van der Waals surface area contributed by atoms with Crippen LogP contribution in [0.15, 0.2) is 25.3 Å². The SMILES string of the molecule is C=CC1C[C@@H](C=C)CC1CO. The van der Waals surface area contributed by atoms with Gasteiger partial charge in [0, 0.05) is 6.61 Å². The van der Waals surface area contributed by atoms with Gasteiger partial charge in [0.25, 0.3) is 0 Å². The predicted molar refractivity (Wildman–Crippen MR) is 47.2 cm³/mol. The van der Waals surface area contributed by atoms with Crippen LogP contribution in [-0.2, 0) is 0 Å². The van der Waals surface area contributed by atoms with E-state index in [1.54, 1.807) is 0 Å². The number of aliphatic hydroxyl groups excluding tert-OH is 1. The van der Waals surface area contributed by atoms with Crippen molar-refractivity contribution in [1.82, 2.24) is 0 Å². The Balaban J connectivity index is 2.53. The summed E-state index contributed by atoms with van der Waals surface area (Å²) in [4.78, 5) is 0. The van der Waals surface area contributed by atoms with Crippen LogP contribution in [0.25, 0.3) is 0 Å². The van der Waals surface area contributed by atoms with Crippen molar-refractivity contribution in [2.24, 2.45) is 17.8 Å². The van der Waals surface area contributed by atoms with E-state index in [2.05, 4.69) is 13.2 Å². The summed E-state index contributed by atoms with van der Waals surface area (Å²) in [5.74, 6) is 1.52. The molecular formula is C10H16O. The van der Waals surface area contributed by atoms with E-state index in [0.29, 0.717) is 24.4 Å². The molecular weight excluding hydrogens is 136 g/mol. The van der Waals surface area contributed by atoms with Gasteiger partial charge in [0.15, 0.2) is 0 Å². The molecule has 1 fully saturated rings. The fraction of sp³-hybridized carbons (Fsp3) is 0.600. The highest BCUT2D eigenvalue weighted by atomic mass is 16.3. The van der Waals surface area contributed by atoms with Gasteiger partial charge in [-0.15, -0.1) is 13.2 Å². The maximum absolute atomic E-state index is 9.00. The normalized spacial score (nSPS) is 37.0. The number of hydrogen-bond acceptors (Lipinski definition) is 1. The molecule has 0 heterocycles. The van der Waals surface area contributed by atoms with Crippen LogP contribution >= 0.6 is 0 Å². The minimum absolute atomic E-state index is 0.293. The Morgan fingerprint density at radius 2 is 2.00 bits per heavy atom. The number of rotatable bonds is 3. The third-order valence-corrected chi connectivity index (χ3v) is 2.66. The zero-order valence-corrected chi connectivity index (χ0v) is 6.87. The van der Waals surface area contributed by atoms with Gasteiger partial charge in [-0.1, -0.05) is 12.2 Å². The van der Waals surface area contributed by atoms with Crippen molar-refractivity contribution in [2.45, 2.75) is 12.8 Å². The van der Waals surface area contributed by atoms with Crippen molar-refractivity contribution in [3.05, 3.63) is 25.3 Å².